The summed E-state index contributed by atoms with van der Waals surface area (Å²) in [5.41, 5.74) is 6.91. The number of hydrogen-bond donors (Lipinski definition) is 2. The highest BCUT2D eigenvalue weighted by Crippen LogP contribution is 2.36. The summed E-state index contributed by atoms with van der Waals surface area (Å²) in [6.07, 6.45) is 9.30. The molecule has 50 heavy (non-hydrogen) atoms. The Morgan fingerprint density at radius 1 is 1.04 bits per heavy atom. The maximum Gasteiger partial charge on any atom is 0.139 e. The Labute approximate surface area is 297 Å². The number of aliphatic hydroxyl groups excluding tert-OH is 1. The summed E-state index contributed by atoms with van der Waals surface area (Å²) < 4.78 is 14.4. The van der Waals surface area contributed by atoms with E-state index in [9.17, 15) is 15.2 Å². The lowest BCUT2D eigenvalue weighted by atomic mass is 9.97. The van der Waals surface area contributed by atoms with Gasteiger partial charge in [-0.2, -0.15) is 10.4 Å². The van der Waals surface area contributed by atoms with E-state index >= 15 is 0 Å². The molecule has 1 unspecified atom stereocenters. The van der Waals surface area contributed by atoms with E-state index in [4.69, 9.17) is 26.2 Å². The van der Waals surface area contributed by atoms with Crippen LogP contribution in [-0.2, 0) is 24.5 Å². The fourth-order valence-electron chi connectivity index (χ4n) is 6.38. The summed E-state index contributed by atoms with van der Waals surface area (Å²) in [5.74, 6) is 1.45. The minimum Gasteiger partial charge on any atom is -0.493 e. The molecule has 1 atom stereocenters. The molecule has 1 fully saturated rings. The first-order valence-electron chi connectivity index (χ1n) is 16.9. The molecule has 3 aromatic carbocycles. The summed E-state index contributed by atoms with van der Waals surface area (Å²) in [4.78, 5) is 18.0. The molecule has 1 aliphatic heterocycles. The van der Waals surface area contributed by atoms with Crippen molar-refractivity contribution in [2.45, 2.75) is 51.9 Å². The number of nitrogens with zero attached hydrogens (tertiary/aromatic N) is 5. The lowest BCUT2D eigenvalue weighted by Crippen LogP contribution is -2.33. The molecule has 1 aliphatic rings. The first-order chi connectivity index (χ1) is 24.5. The third-order valence-electron chi connectivity index (χ3n) is 9.12. The van der Waals surface area contributed by atoms with Gasteiger partial charge in [0.15, 0.2) is 0 Å². The SMILES string of the molecule is Cc1c(OCCCN2CCCC2)cccc1-c1cccc2c1cnn2Cc1cc(OCc2cncc(C#N)c2)c(CNC(C=O)CO)cc1Cl. The molecule has 0 spiro atoms. The summed E-state index contributed by atoms with van der Waals surface area (Å²) in [5, 5.41) is 28.1. The standard InChI is InChI=1S/C39H41ClN6O4/c1-27-33(7-5-10-38(27)49-14-6-13-45-11-2-3-12-45)34-8-4-9-37-35(34)22-44-46(37)23-31-17-39(50-26-29-15-28(18-41)19-42-20-29)30(16-36(31)40)21-43-32(24-47)25-48/h4-5,7-10,15-17,19-20,22,24,32,43,48H,2-3,6,11-14,21,23,25-26H2,1H3. The van der Waals surface area contributed by atoms with Gasteiger partial charge in [-0.25, -0.2) is 0 Å². The molecule has 0 bridgehead atoms. The predicted octanol–water partition coefficient (Wildman–Crippen LogP) is 6.07. The number of halogens is 1. The monoisotopic (exact) mass is 692 g/mol. The Hall–Kier alpha value is -4.79. The van der Waals surface area contributed by atoms with Gasteiger partial charge in [0, 0.05) is 47.0 Å². The zero-order chi connectivity index (χ0) is 34.9. The first-order valence-corrected chi connectivity index (χ1v) is 17.3. The number of benzene rings is 3. The van der Waals surface area contributed by atoms with Crippen molar-refractivity contribution in [1.29, 1.82) is 5.26 Å². The molecule has 3 heterocycles. The van der Waals surface area contributed by atoms with Gasteiger partial charge < -0.3 is 29.6 Å². The first kappa shape index (κ1) is 35.1. The number of likely N-dealkylation sites (tertiary alicyclic amines) is 1. The molecule has 0 saturated carbocycles. The number of rotatable bonds is 16. The average Bonchev–Trinajstić information content (AvgIpc) is 3.82. The van der Waals surface area contributed by atoms with E-state index in [1.165, 1.54) is 32.1 Å². The summed E-state index contributed by atoms with van der Waals surface area (Å²) in [6.45, 7) is 6.72. The van der Waals surface area contributed by atoms with Crippen LogP contribution in [0.1, 0.15) is 47.1 Å². The van der Waals surface area contributed by atoms with Crippen LogP contribution in [0.4, 0.5) is 0 Å². The molecular formula is C39H41ClN6O4. The zero-order valence-corrected chi connectivity index (χ0v) is 28.9. The van der Waals surface area contributed by atoms with Crippen molar-refractivity contribution in [1.82, 2.24) is 25.0 Å². The number of aromatic nitrogens is 3. The van der Waals surface area contributed by atoms with E-state index < -0.39 is 6.04 Å². The van der Waals surface area contributed by atoms with Gasteiger partial charge in [-0.05, 0) is 91.9 Å². The number of fused-ring (bicyclic) bond motifs is 1. The Balaban J connectivity index is 1.24. The second-order valence-electron chi connectivity index (χ2n) is 12.6. The van der Waals surface area contributed by atoms with Gasteiger partial charge in [-0.3, -0.25) is 9.67 Å². The van der Waals surface area contributed by atoms with Crippen LogP contribution in [0.15, 0.2) is 73.2 Å². The third-order valence-corrected chi connectivity index (χ3v) is 9.47. The van der Waals surface area contributed by atoms with Gasteiger partial charge in [0.25, 0.3) is 0 Å². The maximum atomic E-state index is 11.3. The quantitative estimate of drug-likeness (QED) is 0.0936. The smallest absolute Gasteiger partial charge is 0.139 e. The number of hydrogen-bond acceptors (Lipinski definition) is 9. The van der Waals surface area contributed by atoms with E-state index in [2.05, 4.69) is 40.3 Å². The van der Waals surface area contributed by atoms with Crippen LogP contribution in [0.5, 0.6) is 11.5 Å². The normalized spacial score (nSPS) is 13.7. The van der Waals surface area contributed by atoms with Crippen molar-refractivity contribution in [3.8, 4) is 28.7 Å². The van der Waals surface area contributed by atoms with Crippen LogP contribution in [-0.4, -0.2) is 69.9 Å². The topological polar surface area (TPSA) is 126 Å². The molecule has 0 radical (unpaired) electrons. The predicted molar refractivity (Wildman–Crippen MR) is 193 cm³/mol. The molecular weight excluding hydrogens is 652 g/mol. The van der Waals surface area contributed by atoms with E-state index in [0.717, 1.165) is 57.4 Å². The Morgan fingerprint density at radius 3 is 2.66 bits per heavy atom. The largest absolute Gasteiger partial charge is 0.493 e. The Morgan fingerprint density at radius 2 is 1.86 bits per heavy atom. The lowest BCUT2D eigenvalue weighted by Gasteiger charge is -2.17. The van der Waals surface area contributed by atoms with Crippen molar-refractivity contribution in [2.24, 2.45) is 0 Å². The molecule has 1 saturated heterocycles. The van der Waals surface area contributed by atoms with Gasteiger partial charge in [0.1, 0.15) is 30.5 Å². The van der Waals surface area contributed by atoms with Gasteiger partial charge in [0.2, 0.25) is 0 Å². The molecule has 11 heteroatoms. The maximum absolute atomic E-state index is 11.3. The highest BCUT2D eigenvalue weighted by Gasteiger charge is 2.17. The third kappa shape index (κ3) is 8.32. The summed E-state index contributed by atoms with van der Waals surface area (Å²) >= 11 is 6.86. The fraction of sp³-hybridized carbons (Fsp3) is 0.333. The molecule has 10 nitrogen and oxygen atoms in total. The van der Waals surface area contributed by atoms with Crippen molar-refractivity contribution < 1.29 is 19.4 Å². The Kier molecular flexibility index (Phi) is 11.7. The Bertz CT molecular complexity index is 1980. The number of aliphatic hydroxyl groups is 1. The minimum atomic E-state index is -0.724. The number of ether oxygens (including phenoxy) is 2. The van der Waals surface area contributed by atoms with E-state index in [-0.39, 0.29) is 19.8 Å². The number of aldehydes is 1. The van der Waals surface area contributed by atoms with E-state index in [1.54, 1.807) is 18.3 Å². The van der Waals surface area contributed by atoms with Crippen LogP contribution in [0.2, 0.25) is 5.02 Å². The highest BCUT2D eigenvalue weighted by atomic mass is 35.5. The van der Waals surface area contributed by atoms with Crippen molar-refractivity contribution in [3.05, 3.63) is 106 Å². The zero-order valence-electron chi connectivity index (χ0n) is 28.1. The molecule has 0 aliphatic carbocycles. The molecule has 6 rings (SSSR count). The average molecular weight is 693 g/mol. The van der Waals surface area contributed by atoms with Crippen molar-refractivity contribution in [2.75, 3.05) is 32.8 Å². The number of nitrogens with one attached hydrogen (secondary N) is 1. The molecule has 5 aromatic rings. The summed E-state index contributed by atoms with van der Waals surface area (Å²) in [6, 6.07) is 19.2. The van der Waals surface area contributed by atoms with E-state index in [1.807, 2.05) is 41.2 Å². The van der Waals surface area contributed by atoms with Crippen molar-refractivity contribution in [3.63, 3.8) is 0 Å². The molecule has 258 valence electrons. The van der Waals surface area contributed by atoms with Crippen LogP contribution < -0.4 is 14.8 Å². The van der Waals surface area contributed by atoms with Crippen molar-refractivity contribution >= 4 is 28.8 Å². The minimum absolute atomic E-state index is 0.169. The fourth-order valence-corrected chi connectivity index (χ4v) is 6.63. The van der Waals surface area contributed by atoms with Gasteiger partial charge in [0.05, 0.1) is 43.1 Å². The highest BCUT2D eigenvalue weighted by molar-refractivity contribution is 6.31. The molecule has 2 aromatic heterocycles. The molecule has 2 N–H and O–H groups in total. The van der Waals surface area contributed by atoms with E-state index in [0.29, 0.717) is 41.3 Å². The van der Waals surface area contributed by atoms with Crippen LogP contribution in [0.3, 0.4) is 0 Å². The molecule has 0 amide bonds. The summed E-state index contributed by atoms with van der Waals surface area (Å²) in [7, 11) is 0. The number of carbonyl (C=O) groups excluding carboxylic acids is 1. The second kappa shape index (κ2) is 16.7. The van der Waals surface area contributed by atoms with Gasteiger partial charge in [-0.1, -0.05) is 35.9 Å². The van der Waals surface area contributed by atoms with Gasteiger partial charge in [-0.15, -0.1) is 0 Å². The van der Waals surface area contributed by atoms with Crippen LogP contribution in [0, 0.1) is 18.3 Å². The second-order valence-corrected chi connectivity index (χ2v) is 13.0. The lowest BCUT2D eigenvalue weighted by molar-refractivity contribution is -0.110. The van der Waals surface area contributed by atoms with Crippen LogP contribution >= 0.6 is 11.6 Å². The number of nitriles is 1. The van der Waals surface area contributed by atoms with Gasteiger partial charge >= 0.3 is 0 Å². The van der Waals surface area contributed by atoms with Crippen LogP contribution in [0.25, 0.3) is 22.0 Å². The number of carbonyl (C=O) groups is 1. The number of pyridine rings is 1.